The van der Waals surface area contributed by atoms with Gasteiger partial charge in [-0.25, -0.2) is 4.98 Å². The summed E-state index contributed by atoms with van der Waals surface area (Å²) in [7, 11) is 0. The Bertz CT molecular complexity index is 871. The molecule has 3 aromatic heterocycles. The topological polar surface area (TPSA) is 59.7 Å². The van der Waals surface area contributed by atoms with Crippen LogP contribution in [0, 0.1) is 0 Å². The molecule has 0 spiro atoms. The van der Waals surface area contributed by atoms with Gasteiger partial charge in [-0.2, -0.15) is 4.52 Å². The van der Waals surface area contributed by atoms with Gasteiger partial charge < -0.3 is 9.64 Å². The Hall–Kier alpha value is -1.77. The average molecular weight is 348 g/mol. The van der Waals surface area contributed by atoms with E-state index in [9.17, 15) is 4.79 Å². The zero-order valence-corrected chi connectivity index (χ0v) is 14.3. The predicted molar refractivity (Wildman–Crippen MR) is 91.7 cm³/mol. The van der Waals surface area contributed by atoms with Crippen LogP contribution in [0.15, 0.2) is 28.4 Å². The molecule has 8 heteroatoms. The fourth-order valence-corrected chi connectivity index (χ4v) is 4.35. The third kappa shape index (κ3) is 2.77. The lowest BCUT2D eigenvalue weighted by Gasteiger charge is -2.31. The Balaban J connectivity index is 1.66. The van der Waals surface area contributed by atoms with Crippen LogP contribution in [0.5, 0.6) is 0 Å². The van der Waals surface area contributed by atoms with Crippen LogP contribution in [-0.2, 0) is 11.2 Å². The molecule has 0 aliphatic carbocycles. The van der Waals surface area contributed by atoms with Gasteiger partial charge in [-0.05, 0) is 17.9 Å². The molecule has 0 bridgehead atoms. The minimum atomic E-state index is -0.114. The van der Waals surface area contributed by atoms with Crippen molar-refractivity contribution in [3.8, 4) is 0 Å². The molecule has 1 aliphatic heterocycles. The highest BCUT2D eigenvalue weighted by atomic mass is 32.1. The Morgan fingerprint density at radius 1 is 1.48 bits per heavy atom. The first-order chi connectivity index (χ1) is 11.2. The summed E-state index contributed by atoms with van der Waals surface area (Å²) in [5.74, 6) is 0. The first-order valence-electron chi connectivity index (χ1n) is 7.54. The minimum Gasteiger partial charge on any atom is -0.369 e. The standard InChI is InChI=1S/C15H16N4O2S2/c1-2-10-8-13(20)19-14(16-10)23-15(17-19)18-5-6-21-11(9-18)12-4-3-7-22-12/h3-4,7-8,11H,2,5-6,9H2,1H3. The number of anilines is 1. The number of aryl methyl sites for hydroxylation is 1. The Kier molecular flexibility index (Phi) is 3.88. The highest BCUT2D eigenvalue weighted by Crippen LogP contribution is 2.30. The zero-order valence-electron chi connectivity index (χ0n) is 12.6. The monoisotopic (exact) mass is 348 g/mol. The molecule has 0 amide bonds. The SMILES string of the molecule is CCc1cc(=O)n2nc(N3CCOC(c4cccs4)C3)sc2n1. The number of aromatic nitrogens is 3. The van der Waals surface area contributed by atoms with Crippen molar-refractivity contribution in [2.24, 2.45) is 0 Å². The van der Waals surface area contributed by atoms with Crippen LogP contribution < -0.4 is 10.5 Å². The first kappa shape index (κ1) is 14.8. The van der Waals surface area contributed by atoms with Gasteiger partial charge in [-0.1, -0.05) is 24.3 Å². The van der Waals surface area contributed by atoms with Gasteiger partial charge in [0.05, 0.1) is 13.2 Å². The second-order valence-electron chi connectivity index (χ2n) is 5.34. The highest BCUT2D eigenvalue weighted by Gasteiger charge is 2.25. The molecule has 23 heavy (non-hydrogen) atoms. The van der Waals surface area contributed by atoms with E-state index in [0.29, 0.717) is 11.6 Å². The summed E-state index contributed by atoms with van der Waals surface area (Å²) in [5.41, 5.74) is 0.695. The molecule has 120 valence electrons. The number of ether oxygens (including phenoxy) is 1. The first-order valence-corrected chi connectivity index (χ1v) is 9.24. The number of rotatable bonds is 3. The number of morpholine rings is 1. The maximum absolute atomic E-state index is 12.1. The van der Waals surface area contributed by atoms with E-state index in [-0.39, 0.29) is 11.7 Å². The highest BCUT2D eigenvalue weighted by molar-refractivity contribution is 7.20. The fraction of sp³-hybridized carbons (Fsp3) is 0.400. The molecule has 0 radical (unpaired) electrons. The van der Waals surface area contributed by atoms with Crippen LogP contribution in [0.25, 0.3) is 4.96 Å². The summed E-state index contributed by atoms with van der Waals surface area (Å²) in [5, 5.41) is 7.35. The van der Waals surface area contributed by atoms with Crippen molar-refractivity contribution in [1.29, 1.82) is 0 Å². The van der Waals surface area contributed by atoms with Crippen LogP contribution in [0.3, 0.4) is 0 Å². The maximum Gasteiger partial charge on any atom is 0.275 e. The summed E-state index contributed by atoms with van der Waals surface area (Å²) in [6.45, 7) is 4.17. The van der Waals surface area contributed by atoms with Gasteiger partial charge in [0.2, 0.25) is 10.1 Å². The number of fused-ring (bicyclic) bond motifs is 1. The van der Waals surface area contributed by atoms with E-state index in [1.54, 1.807) is 17.4 Å². The number of hydrogen-bond acceptors (Lipinski definition) is 7. The van der Waals surface area contributed by atoms with Crippen molar-refractivity contribution in [1.82, 2.24) is 14.6 Å². The lowest BCUT2D eigenvalue weighted by Crippen LogP contribution is -2.38. The van der Waals surface area contributed by atoms with Crippen molar-refractivity contribution < 1.29 is 4.74 Å². The van der Waals surface area contributed by atoms with Crippen molar-refractivity contribution >= 4 is 32.8 Å². The van der Waals surface area contributed by atoms with Crippen molar-refractivity contribution in [2.45, 2.75) is 19.4 Å². The molecule has 1 atom stereocenters. The predicted octanol–water partition coefficient (Wildman–Crippen LogP) is 2.35. The summed E-state index contributed by atoms with van der Waals surface area (Å²) in [4.78, 5) is 20.7. The third-order valence-electron chi connectivity index (χ3n) is 3.85. The van der Waals surface area contributed by atoms with Gasteiger partial charge in [0.1, 0.15) is 6.10 Å². The summed E-state index contributed by atoms with van der Waals surface area (Å²) in [6, 6.07) is 5.69. The van der Waals surface area contributed by atoms with E-state index in [2.05, 4.69) is 26.4 Å². The van der Waals surface area contributed by atoms with Gasteiger partial charge in [0.15, 0.2) is 0 Å². The average Bonchev–Trinajstić information content (AvgIpc) is 3.24. The van der Waals surface area contributed by atoms with Crippen molar-refractivity contribution in [3.05, 3.63) is 44.5 Å². The quantitative estimate of drug-likeness (QED) is 0.727. The zero-order chi connectivity index (χ0) is 15.8. The lowest BCUT2D eigenvalue weighted by atomic mass is 10.2. The molecular weight excluding hydrogens is 332 g/mol. The van der Waals surface area contributed by atoms with Crippen LogP contribution in [0.4, 0.5) is 5.13 Å². The molecular formula is C15H16N4O2S2. The normalized spacial score (nSPS) is 18.7. The van der Waals surface area contributed by atoms with Gasteiger partial charge in [0.25, 0.3) is 5.56 Å². The fourth-order valence-electron chi connectivity index (χ4n) is 2.62. The Labute approximate surface area is 141 Å². The molecule has 6 nitrogen and oxygen atoms in total. The van der Waals surface area contributed by atoms with Crippen molar-refractivity contribution in [2.75, 3.05) is 24.6 Å². The van der Waals surface area contributed by atoms with Gasteiger partial charge in [-0.15, -0.1) is 16.4 Å². The maximum atomic E-state index is 12.1. The van der Waals surface area contributed by atoms with E-state index >= 15 is 0 Å². The largest absolute Gasteiger partial charge is 0.369 e. The van der Waals surface area contributed by atoms with E-state index < -0.39 is 0 Å². The number of thiophene rings is 1. The molecule has 4 rings (SSSR count). The molecule has 3 aromatic rings. The molecule has 1 unspecified atom stereocenters. The van der Waals surface area contributed by atoms with E-state index in [1.165, 1.54) is 20.7 Å². The van der Waals surface area contributed by atoms with Gasteiger partial charge in [-0.3, -0.25) is 4.79 Å². The molecule has 4 heterocycles. The Morgan fingerprint density at radius 2 is 2.39 bits per heavy atom. The second kappa shape index (κ2) is 6.03. The Morgan fingerprint density at radius 3 is 3.17 bits per heavy atom. The molecule has 1 saturated heterocycles. The van der Waals surface area contributed by atoms with Crippen molar-refractivity contribution in [3.63, 3.8) is 0 Å². The minimum absolute atomic E-state index is 0.0617. The summed E-state index contributed by atoms with van der Waals surface area (Å²) < 4.78 is 7.27. The van der Waals surface area contributed by atoms with Crippen LogP contribution >= 0.6 is 22.7 Å². The number of hydrogen-bond donors (Lipinski definition) is 0. The molecule has 0 N–H and O–H groups in total. The van der Waals surface area contributed by atoms with Gasteiger partial charge >= 0.3 is 0 Å². The van der Waals surface area contributed by atoms with Crippen LogP contribution in [0.1, 0.15) is 23.6 Å². The van der Waals surface area contributed by atoms with Gasteiger partial charge in [0, 0.05) is 23.2 Å². The number of nitrogens with zero attached hydrogens (tertiary/aromatic N) is 4. The molecule has 0 aromatic carbocycles. The van der Waals surface area contributed by atoms with E-state index in [4.69, 9.17) is 4.74 Å². The molecule has 1 aliphatic rings. The van der Waals surface area contributed by atoms with Crippen LogP contribution in [0.2, 0.25) is 0 Å². The summed E-state index contributed by atoms with van der Waals surface area (Å²) >= 11 is 3.16. The molecule has 1 fully saturated rings. The summed E-state index contributed by atoms with van der Waals surface area (Å²) in [6.07, 6.45) is 0.809. The lowest BCUT2D eigenvalue weighted by molar-refractivity contribution is 0.0420. The third-order valence-corrected chi connectivity index (χ3v) is 5.78. The smallest absolute Gasteiger partial charge is 0.275 e. The van der Waals surface area contributed by atoms with Crippen LogP contribution in [-0.4, -0.2) is 34.3 Å². The molecule has 0 saturated carbocycles. The van der Waals surface area contributed by atoms with E-state index in [0.717, 1.165) is 30.3 Å². The van der Waals surface area contributed by atoms with E-state index in [1.807, 2.05) is 13.0 Å². The second-order valence-corrected chi connectivity index (χ2v) is 7.25.